The Hall–Kier alpha value is -1.63. The first kappa shape index (κ1) is 21.6. The number of hydrogen-bond acceptors (Lipinski definition) is 5. The minimum Gasteiger partial charge on any atom is -0.444 e. The summed E-state index contributed by atoms with van der Waals surface area (Å²) in [5.41, 5.74) is 1.03. The first-order chi connectivity index (χ1) is 14.4. The Balaban J connectivity index is 1.30. The lowest BCUT2D eigenvalue weighted by Crippen LogP contribution is -2.57. The minimum absolute atomic E-state index is 0.163. The summed E-state index contributed by atoms with van der Waals surface area (Å²) in [4.78, 5) is 19.6. The van der Waals surface area contributed by atoms with Gasteiger partial charge in [0.15, 0.2) is 0 Å². The average molecular weight is 415 g/mol. The number of carbonyl (C=O) groups excluding carboxylic acids is 1. The van der Waals surface area contributed by atoms with E-state index in [9.17, 15) is 4.79 Å². The van der Waals surface area contributed by atoms with Crippen LogP contribution in [0, 0.1) is 0 Å². The molecule has 1 N–H and O–H groups in total. The molecule has 3 saturated heterocycles. The number of hydrogen-bond donors (Lipinski definition) is 1. The van der Waals surface area contributed by atoms with Gasteiger partial charge in [-0.25, -0.2) is 4.79 Å². The predicted molar refractivity (Wildman–Crippen MR) is 120 cm³/mol. The van der Waals surface area contributed by atoms with Crippen LogP contribution in [0.4, 0.5) is 4.79 Å². The molecule has 3 aliphatic heterocycles. The maximum Gasteiger partial charge on any atom is 0.410 e. The van der Waals surface area contributed by atoms with Gasteiger partial charge in [-0.1, -0.05) is 30.3 Å². The highest BCUT2D eigenvalue weighted by atomic mass is 16.6. The highest BCUT2D eigenvalue weighted by molar-refractivity contribution is 5.68. The third kappa shape index (κ3) is 5.16. The Morgan fingerprint density at radius 1 is 1.00 bits per heavy atom. The SMILES string of the molecule is CC(C)(C)OC(=O)N1CCC(N2CCN(C3CCNCC3c3ccccc3)CC2)C1. The van der Waals surface area contributed by atoms with Gasteiger partial charge in [0.1, 0.15) is 5.60 Å². The monoisotopic (exact) mass is 414 g/mol. The van der Waals surface area contributed by atoms with Crippen molar-refractivity contribution < 1.29 is 9.53 Å². The maximum atomic E-state index is 12.4. The summed E-state index contributed by atoms with van der Waals surface area (Å²) in [6.07, 6.45) is 2.11. The van der Waals surface area contributed by atoms with Crippen LogP contribution in [-0.2, 0) is 4.74 Å². The zero-order valence-corrected chi connectivity index (χ0v) is 18.8. The lowest BCUT2D eigenvalue weighted by atomic mass is 9.85. The van der Waals surface area contributed by atoms with E-state index >= 15 is 0 Å². The van der Waals surface area contributed by atoms with Gasteiger partial charge >= 0.3 is 6.09 Å². The standard InChI is InChI=1S/C24H38N4O2/c1-24(2,3)30-23(29)28-12-10-20(18-28)26-13-15-27(16-14-26)22-9-11-25-17-21(22)19-7-5-4-6-8-19/h4-8,20-22,25H,9-18H2,1-3H3. The van der Waals surface area contributed by atoms with Gasteiger partial charge in [-0.15, -0.1) is 0 Å². The smallest absolute Gasteiger partial charge is 0.410 e. The summed E-state index contributed by atoms with van der Waals surface area (Å²) in [6, 6.07) is 12.1. The Morgan fingerprint density at radius 3 is 2.40 bits per heavy atom. The van der Waals surface area contributed by atoms with Crippen molar-refractivity contribution in [3.63, 3.8) is 0 Å². The molecule has 0 spiro atoms. The van der Waals surface area contributed by atoms with Gasteiger partial charge < -0.3 is 15.0 Å². The number of benzene rings is 1. The van der Waals surface area contributed by atoms with Gasteiger partial charge in [0.25, 0.3) is 0 Å². The van der Waals surface area contributed by atoms with E-state index in [4.69, 9.17) is 4.74 Å². The Labute approximate surface area is 181 Å². The van der Waals surface area contributed by atoms with Crippen LogP contribution in [0.5, 0.6) is 0 Å². The maximum absolute atomic E-state index is 12.4. The van der Waals surface area contributed by atoms with Crippen LogP contribution in [-0.4, -0.2) is 90.8 Å². The number of ether oxygens (including phenoxy) is 1. The van der Waals surface area contributed by atoms with E-state index in [-0.39, 0.29) is 6.09 Å². The van der Waals surface area contributed by atoms with Crippen LogP contribution in [0.15, 0.2) is 30.3 Å². The fourth-order valence-corrected chi connectivity index (χ4v) is 5.29. The minimum atomic E-state index is -0.426. The molecule has 0 saturated carbocycles. The number of nitrogens with zero attached hydrogens (tertiary/aromatic N) is 3. The second-order valence-electron chi connectivity index (χ2n) is 10.0. The van der Waals surface area contributed by atoms with Crippen LogP contribution < -0.4 is 5.32 Å². The van der Waals surface area contributed by atoms with Gasteiger partial charge in [-0.2, -0.15) is 0 Å². The summed E-state index contributed by atoms with van der Waals surface area (Å²) < 4.78 is 5.56. The molecule has 3 heterocycles. The Morgan fingerprint density at radius 2 is 1.70 bits per heavy atom. The molecule has 3 unspecified atom stereocenters. The number of piperidine rings is 1. The molecule has 3 fully saturated rings. The molecule has 166 valence electrons. The highest BCUT2D eigenvalue weighted by Crippen LogP contribution is 2.29. The van der Waals surface area contributed by atoms with Gasteiger partial charge in [0.2, 0.25) is 0 Å². The molecule has 6 heteroatoms. The summed E-state index contributed by atoms with van der Waals surface area (Å²) in [5.74, 6) is 0.570. The lowest BCUT2D eigenvalue weighted by Gasteiger charge is -2.45. The first-order valence-corrected chi connectivity index (χ1v) is 11.6. The number of piperazine rings is 1. The molecule has 6 nitrogen and oxygen atoms in total. The summed E-state index contributed by atoms with van der Waals surface area (Å²) >= 11 is 0. The van der Waals surface area contributed by atoms with Crippen molar-refractivity contribution in [1.29, 1.82) is 0 Å². The molecule has 0 radical (unpaired) electrons. The van der Waals surface area contributed by atoms with Crippen LogP contribution in [0.25, 0.3) is 0 Å². The highest BCUT2D eigenvalue weighted by Gasteiger charge is 2.37. The molecular formula is C24H38N4O2. The third-order valence-corrected chi connectivity index (χ3v) is 6.82. The second kappa shape index (κ2) is 9.25. The topological polar surface area (TPSA) is 48.1 Å². The molecule has 4 rings (SSSR count). The number of rotatable bonds is 3. The second-order valence-corrected chi connectivity index (χ2v) is 10.0. The molecule has 1 amide bonds. The molecule has 0 bridgehead atoms. The van der Waals surface area contributed by atoms with E-state index in [1.807, 2.05) is 25.7 Å². The van der Waals surface area contributed by atoms with Gasteiger partial charge in [-0.05, 0) is 45.7 Å². The number of nitrogens with one attached hydrogen (secondary N) is 1. The predicted octanol–water partition coefficient (Wildman–Crippen LogP) is 2.76. The Bertz CT molecular complexity index is 697. The Kier molecular flexibility index (Phi) is 6.66. The molecular weight excluding hydrogens is 376 g/mol. The average Bonchev–Trinajstić information content (AvgIpc) is 3.24. The van der Waals surface area contributed by atoms with Crippen molar-refractivity contribution in [3.05, 3.63) is 35.9 Å². The zero-order chi connectivity index (χ0) is 21.1. The fourth-order valence-electron chi connectivity index (χ4n) is 5.29. The summed E-state index contributed by atoms with van der Waals surface area (Å²) in [7, 11) is 0. The lowest BCUT2D eigenvalue weighted by molar-refractivity contribution is 0.0252. The summed E-state index contributed by atoms with van der Waals surface area (Å²) in [5, 5.41) is 3.60. The van der Waals surface area contributed by atoms with E-state index in [2.05, 4.69) is 45.4 Å². The van der Waals surface area contributed by atoms with Crippen LogP contribution in [0.3, 0.4) is 0 Å². The molecule has 30 heavy (non-hydrogen) atoms. The van der Waals surface area contributed by atoms with Crippen LogP contribution in [0.2, 0.25) is 0 Å². The molecule has 0 aromatic heterocycles. The third-order valence-electron chi connectivity index (χ3n) is 6.82. The van der Waals surface area contributed by atoms with Crippen molar-refractivity contribution in [2.45, 2.75) is 57.2 Å². The first-order valence-electron chi connectivity index (χ1n) is 11.6. The van der Waals surface area contributed by atoms with E-state index in [0.29, 0.717) is 18.0 Å². The molecule has 0 aliphatic carbocycles. The van der Waals surface area contributed by atoms with Crippen molar-refractivity contribution in [2.75, 3.05) is 52.4 Å². The van der Waals surface area contributed by atoms with E-state index in [1.165, 1.54) is 12.0 Å². The van der Waals surface area contributed by atoms with Crippen molar-refractivity contribution in [2.24, 2.45) is 0 Å². The molecule has 1 aromatic rings. The van der Waals surface area contributed by atoms with Crippen molar-refractivity contribution >= 4 is 6.09 Å². The van der Waals surface area contributed by atoms with Gasteiger partial charge in [-0.3, -0.25) is 9.80 Å². The molecule has 1 aromatic carbocycles. The number of likely N-dealkylation sites (tertiary alicyclic amines) is 1. The molecule has 3 atom stereocenters. The number of carbonyl (C=O) groups is 1. The van der Waals surface area contributed by atoms with Gasteiger partial charge in [0, 0.05) is 63.8 Å². The van der Waals surface area contributed by atoms with E-state index in [0.717, 1.165) is 58.8 Å². The van der Waals surface area contributed by atoms with E-state index < -0.39 is 5.60 Å². The zero-order valence-electron chi connectivity index (χ0n) is 18.8. The molecule has 3 aliphatic rings. The van der Waals surface area contributed by atoms with Gasteiger partial charge in [0.05, 0.1) is 0 Å². The normalized spacial score (nSPS) is 29.2. The quantitative estimate of drug-likeness (QED) is 0.824. The fraction of sp³-hybridized carbons (Fsp3) is 0.708. The largest absolute Gasteiger partial charge is 0.444 e. The number of amides is 1. The van der Waals surface area contributed by atoms with Crippen LogP contribution >= 0.6 is 0 Å². The van der Waals surface area contributed by atoms with Crippen molar-refractivity contribution in [3.8, 4) is 0 Å². The van der Waals surface area contributed by atoms with E-state index in [1.54, 1.807) is 0 Å². The van der Waals surface area contributed by atoms with Crippen molar-refractivity contribution in [1.82, 2.24) is 20.0 Å². The van der Waals surface area contributed by atoms with Crippen LogP contribution in [0.1, 0.15) is 45.1 Å². The summed E-state index contributed by atoms with van der Waals surface area (Å²) in [6.45, 7) is 14.0.